The fourth-order valence-electron chi connectivity index (χ4n) is 3.35. The zero-order valence-corrected chi connectivity index (χ0v) is 19.5. The molecule has 172 valence electrons. The Hall–Kier alpha value is -3.00. The smallest absolute Gasteiger partial charge is 0.306 e. The van der Waals surface area contributed by atoms with Gasteiger partial charge < -0.3 is 20.5 Å². The molecule has 0 bridgehead atoms. The van der Waals surface area contributed by atoms with Gasteiger partial charge in [0.15, 0.2) is 0 Å². The summed E-state index contributed by atoms with van der Waals surface area (Å²) < 4.78 is 0. The average Bonchev–Trinajstić information content (AvgIpc) is 3.26. The van der Waals surface area contributed by atoms with Crippen LogP contribution < -0.4 is 10.6 Å². The van der Waals surface area contributed by atoms with Crippen molar-refractivity contribution >= 4 is 35.4 Å². The standard InChI is InChI=1S/C24H30N2O5S/c1-16-9-10-18(13-17(16)2)22(30)25-11-5-4-7-19(20-8-6-12-32-20)23(31)26-24(3,15-27)14-21(28)29/h6,8-10,12-13,15,19H,4-5,7,11,14H2,1-3H3,(H,25,30)(H,26,31)(H,28,29)/t19?,24-/m1/s1. The monoisotopic (exact) mass is 458 g/mol. The number of unbranched alkanes of at least 4 members (excludes halogenated alkanes) is 1. The van der Waals surface area contributed by atoms with Crippen LogP contribution in [-0.2, 0) is 14.4 Å². The number of aryl methyl sites for hydroxylation is 2. The number of carbonyl (C=O) groups excluding carboxylic acids is 3. The number of thiophene rings is 1. The number of aldehydes is 1. The van der Waals surface area contributed by atoms with E-state index in [1.807, 2.05) is 43.5 Å². The molecular formula is C24H30N2O5S. The van der Waals surface area contributed by atoms with E-state index >= 15 is 0 Å². The Morgan fingerprint density at radius 3 is 2.50 bits per heavy atom. The van der Waals surface area contributed by atoms with Gasteiger partial charge in [-0.05, 0) is 68.3 Å². The van der Waals surface area contributed by atoms with Crippen LogP contribution in [0.4, 0.5) is 0 Å². The van der Waals surface area contributed by atoms with E-state index in [1.165, 1.54) is 18.3 Å². The van der Waals surface area contributed by atoms with Crippen molar-refractivity contribution < 1.29 is 24.3 Å². The van der Waals surface area contributed by atoms with Gasteiger partial charge in [0.05, 0.1) is 12.3 Å². The number of hydrogen-bond acceptors (Lipinski definition) is 5. The maximum atomic E-state index is 12.9. The van der Waals surface area contributed by atoms with Gasteiger partial charge in [0, 0.05) is 17.0 Å². The van der Waals surface area contributed by atoms with Crippen LogP contribution in [0.15, 0.2) is 35.7 Å². The van der Waals surface area contributed by atoms with E-state index in [1.54, 1.807) is 6.07 Å². The molecule has 0 saturated heterocycles. The molecule has 2 amide bonds. The van der Waals surface area contributed by atoms with Gasteiger partial charge in [-0.15, -0.1) is 11.3 Å². The summed E-state index contributed by atoms with van der Waals surface area (Å²) in [6.07, 6.45) is 1.87. The Morgan fingerprint density at radius 2 is 1.91 bits per heavy atom. The first kappa shape index (κ1) is 25.3. The molecule has 2 aromatic rings. The number of nitrogens with one attached hydrogen (secondary N) is 2. The fourth-order valence-corrected chi connectivity index (χ4v) is 4.21. The number of amides is 2. The SMILES string of the molecule is Cc1ccc(C(=O)NCCCCC(C(=O)N[C@@](C)(C=O)CC(=O)O)c2cccs2)cc1C. The number of carboxylic acids is 1. The van der Waals surface area contributed by atoms with E-state index in [0.717, 1.165) is 16.0 Å². The molecule has 1 aromatic carbocycles. The minimum atomic E-state index is -1.46. The van der Waals surface area contributed by atoms with Crippen molar-refractivity contribution in [3.63, 3.8) is 0 Å². The number of benzene rings is 1. The highest BCUT2D eigenvalue weighted by atomic mass is 32.1. The van der Waals surface area contributed by atoms with Gasteiger partial charge in [-0.1, -0.05) is 18.6 Å². The second kappa shape index (κ2) is 11.6. The van der Waals surface area contributed by atoms with E-state index in [0.29, 0.717) is 37.7 Å². The Kier molecular flexibility index (Phi) is 9.13. The second-order valence-corrected chi connectivity index (χ2v) is 9.19. The molecule has 0 aliphatic heterocycles. The van der Waals surface area contributed by atoms with Gasteiger partial charge in [-0.25, -0.2) is 0 Å². The van der Waals surface area contributed by atoms with Crippen LogP contribution in [0, 0.1) is 13.8 Å². The Balaban J connectivity index is 1.90. The van der Waals surface area contributed by atoms with Crippen LogP contribution in [0.1, 0.15) is 64.9 Å². The highest BCUT2D eigenvalue weighted by Gasteiger charge is 2.32. The molecule has 32 heavy (non-hydrogen) atoms. The molecule has 2 rings (SSSR count). The third kappa shape index (κ3) is 7.30. The predicted molar refractivity (Wildman–Crippen MR) is 124 cm³/mol. The summed E-state index contributed by atoms with van der Waals surface area (Å²) in [5.74, 6) is -2.15. The summed E-state index contributed by atoms with van der Waals surface area (Å²) in [6.45, 7) is 5.85. The molecule has 0 fully saturated rings. The molecule has 0 aliphatic carbocycles. The van der Waals surface area contributed by atoms with Crippen molar-refractivity contribution in [1.29, 1.82) is 0 Å². The van der Waals surface area contributed by atoms with Crippen molar-refractivity contribution in [1.82, 2.24) is 10.6 Å². The first-order valence-electron chi connectivity index (χ1n) is 10.5. The lowest BCUT2D eigenvalue weighted by atomic mass is 9.95. The number of rotatable bonds is 12. The predicted octanol–water partition coefficient (Wildman–Crippen LogP) is 3.60. The molecule has 0 radical (unpaired) electrons. The Bertz CT molecular complexity index is 957. The van der Waals surface area contributed by atoms with E-state index in [2.05, 4.69) is 10.6 Å². The number of aliphatic carboxylic acids is 1. The molecule has 0 saturated carbocycles. The summed E-state index contributed by atoms with van der Waals surface area (Å²) in [5, 5.41) is 16.4. The van der Waals surface area contributed by atoms with Gasteiger partial charge in [0.1, 0.15) is 11.8 Å². The zero-order chi connectivity index (χ0) is 23.7. The van der Waals surface area contributed by atoms with Gasteiger partial charge in [-0.3, -0.25) is 14.4 Å². The maximum absolute atomic E-state index is 12.9. The van der Waals surface area contributed by atoms with Gasteiger partial charge in [0.2, 0.25) is 5.91 Å². The average molecular weight is 459 g/mol. The largest absolute Gasteiger partial charge is 0.481 e. The van der Waals surface area contributed by atoms with Gasteiger partial charge >= 0.3 is 5.97 Å². The summed E-state index contributed by atoms with van der Waals surface area (Å²) in [4.78, 5) is 48.5. The lowest BCUT2D eigenvalue weighted by Crippen LogP contribution is -2.50. The highest BCUT2D eigenvalue weighted by molar-refractivity contribution is 7.10. The van der Waals surface area contributed by atoms with Crippen LogP contribution in [0.25, 0.3) is 0 Å². The molecular weight excluding hydrogens is 428 g/mol. The Labute approximate surface area is 192 Å². The number of carbonyl (C=O) groups is 4. The summed E-state index contributed by atoms with van der Waals surface area (Å²) >= 11 is 1.44. The number of hydrogen-bond donors (Lipinski definition) is 3. The molecule has 1 heterocycles. The third-order valence-electron chi connectivity index (χ3n) is 5.36. The molecule has 0 aliphatic rings. The first-order valence-corrected chi connectivity index (χ1v) is 11.4. The topological polar surface area (TPSA) is 113 Å². The van der Waals surface area contributed by atoms with E-state index < -0.39 is 23.8 Å². The van der Waals surface area contributed by atoms with Crippen LogP contribution in [-0.4, -0.2) is 41.3 Å². The molecule has 0 spiro atoms. The number of carboxylic acid groups (broad SMARTS) is 1. The fraction of sp³-hybridized carbons (Fsp3) is 0.417. The summed E-state index contributed by atoms with van der Waals surface area (Å²) in [6, 6.07) is 9.29. The maximum Gasteiger partial charge on any atom is 0.306 e. The molecule has 1 unspecified atom stereocenters. The minimum absolute atomic E-state index is 0.129. The first-order chi connectivity index (χ1) is 15.1. The van der Waals surface area contributed by atoms with E-state index in [4.69, 9.17) is 5.11 Å². The minimum Gasteiger partial charge on any atom is -0.481 e. The van der Waals surface area contributed by atoms with E-state index in [-0.39, 0.29) is 11.8 Å². The van der Waals surface area contributed by atoms with E-state index in [9.17, 15) is 19.2 Å². The molecule has 2 atom stereocenters. The lowest BCUT2D eigenvalue weighted by Gasteiger charge is -2.26. The van der Waals surface area contributed by atoms with Crippen LogP contribution in [0.3, 0.4) is 0 Å². The van der Waals surface area contributed by atoms with Crippen molar-refractivity contribution in [3.8, 4) is 0 Å². The van der Waals surface area contributed by atoms with Crippen LogP contribution in [0.5, 0.6) is 0 Å². The van der Waals surface area contributed by atoms with Crippen molar-refractivity contribution in [2.45, 2.75) is 57.9 Å². The summed E-state index contributed by atoms with van der Waals surface area (Å²) in [7, 11) is 0. The normalized spacial score (nSPS) is 13.6. The third-order valence-corrected chi connectivity index (χ3v) is 6.35. The zero-order valence-electron chi connectivity index (χ0n) is 18.6. The molecule has 1 aromatic heterocycles. The van der Waals surface area contributed by atoms with Crippen molar-refractivity contribution in [3.05, 3.63) is 57.3 Å². The molecule has 3 N–H and O–H groups in total. The van der Waals surface area contributed by atoms with Crippen LogP contribution >= 0.6 is 11.3 Å². The highest BCUT2D eigenvalue weighted by Crippen LogP contribution is 2.27. The summed E-state index contributed by atoms with van der Waals surface area (Å²) in [5.41, 5.74) is 1.36. The van der Waals surface area contributed by atoms with Crippen LogP contribution in [0.2, 0.25) is 0 Å². The molecule has 8 heteroatoms. The van der Waals surface area contributed by atoms with Crippen molar-refractivity contribution in [2.75, 3.05) is 6.54 Å². The quantitative estimate of drug-likeness (QED) is 0.332. The second-order valence-electron chi connectivity index (χ2n) is 8.21. The van der Waals surface area contributed by atoms with Gasteiger partial charge in [-0.2, -0.15) is 0 Å². The van der Waals surface area contributed by atoms with Crippen molar-refractivity contribution in [2.24, 2.45) is 0 Å². The lowest BCUT2D eigenvalue weighted by molar-refractivity contribution is -0.140. The Morgan fingerprint density at radius 1 is 1.16 bits per heavy atom. The molecule has 7 nitrogen and oxygen atoms in total. The van der Waals surface area contributed by atoms with Gasteiger partial charge in [0.25, 0.3) is 5.91 Å².